The summed E-state index contributed by atoms with van der Waals surface area (Å²) in [6.07, 6.45) is 1.62. The smallest absolute Gasteiger partial charge is 0.198 e. The molecule has 0 saturated heterocycles. The maximum absolute atomic E-state index is 13.9. The fourth-order valence-corrected chi connectivity index (χ4v) is 2.59. The number of benzene rings is 2. The Morgan fingerprint density at radius 1 is 1.15 bits per heavy atom. The molecule has 0 saturated carbocycles. The zero-order valence-corrected chi connectivity index (χ0v) is 12.3. The van der Waals surface area contributed by atoms with Gasteiger partial charge in [-0.05, 0) is 42.8 Å². The summed E-state index contributed by atoms with van der Waals surface area (Å²) >= 11 is 3.38. The minimum Gasteiger partial charge on any atom is -0.360 e. The molecule has 0 bridgehead atoms. The predicted octanol–water partition coefficient (Wildman–Crippen LogP) is 4.61. The van der Waals surface area contributed by atoms with Crippen LogP contribution in [0.4, 0.5) is 4.39 Å². The van der Waals surface area contributed by atoms with Gasteiger partial charge in [-0.15, -0.1) is 0 Å². The number of aromatic nitrogens is 1. The molecule has 20 heavy (non-hydrogen) atoms. The molecular weight excluding hydrogens is 321 g/mol. The number of ketones is 1. The van der Waals surface area contributed by atoms with Crippen molar-refractivity contribution in [1.82, 2.24) is 4.98 Å². The van der Waals surface area contributed by atoms with Crippen LogP contribution in [-0.4, -0.2) is 10.8 Å². The zero-order valence-electron chi connectivity index (χ0n) is 10.7. The van der Waals surface area contributed by atoms with Crippen molar-refractivity contribution in [2.45, 2.75) is 6.92 Å². The van der Waals surface area contributed by atoms with E-state index in [0.29, 0.717) is 5.56 Å². The lowest BCUT2D eigenvalue weighted by molar-refractivity contribution is 0.103. The molecular formula is C16H11BrFNO. The van der Waals surface area contributed by atoms with E-state index in [1.54, 1.807) is 19.2 Å². The number of aromatic amines is 1. The number of aryl methyl sites for hydroxylation is 1. The van der Waals surface area contributed by atoms with Crippen LogP contribution in [0.1, 0.15) is 21.5 Å². The molecule has 0 aliphatic rings. The largest absolute Gasteiger partial charge is 0.360 e. The molecule has 0 radical (unpaired) electrons. The Hall–Kier alpha value is -1.94. The van der Waals surface area contributed by atoms with Gasteiger partial charge in [-0.3, -0.25) is 4.79 Å². The first-order chi connectivity index (χ1) is 9.56. The van der Waals surface area contributed by atoms with Crippen LogP contribution in [0.2, 0.25) is 0 Å². The minimum atomic E-state index is -0.487. The number of fused-ring (bicyclic) bond motifs is 1. The third-order valence-corrected chi connectivity index (χ3v) is 3.75. The summed E-state index contributed by atoms with van der Waals surface area (Å²) in [5, 5.41) is 0.782. The maximum Gasteiger partial charge on any atom is 0.198 e. The number of hydrogen-bond acceptors (Lipinski definition) is 1. The topological polar surface area (TPSA) is 32.9 Å². The van der Waals surface area contributed by atoms with E-state index in [1.165, 1.54) is 12.1 Å². The van der Waals surface area contributed by atoms with E-state index in [4.69, 9.17) is 0 Å². The van der Waals surface area contributed by atoms with E-state index < -0.39 is 5.82 Å². The van der Waals surface area contributed by atoms with E-state index >= 15 is 0 Å². The van der Waals surface area contributed by atoms with Crippen LogP contribution in [0.25, 0.3) is 10.9 Å². The van der Waals surface area contributed by atoms with Gasteiger partial charge in [-0.1, -0.05) is 22.0 Å². The zero-order chi connectivity index (χ0) is 14.3. The second-order valence-corrected chi connectivity index (χ2v) is 5.62. The Kier molecular flexibility index (Phi) is 3.18. The third-order valence-electron chi connectivity index (χ3n) is 3.26. The summed E-state index contributed by atoms with van der Waals surface area (Å²) in [6, 6.07) is 10.3. The standard InChI is InChI=1S/C16H11BrFNO/c1-9-2-4-11(14(18)6-9)16(20)13-8-19-15-5-3-10(17)7-12(13)15/h2-8,19H,1H3. The van der Waals surface area contributed by atoms with Crippen LogP contribution in [0.15, 0.2) is 47.1 Å². The SMILES string of the molecule is Cc1ccc(C(=O)c2c[nH]c3ccc(Br)cc23)c(F)c1. The third kappa shape index (κ3) is 2.16. The Bertz CT molecular complexity index is 822. The summed E-state index contributed by atoms with van der Waals surface area (Å²) in [5.74, 6) is -0.800. The molecule has 1 aromatic heterocycles. The van der Waals surface area contributed by atoms with Crippen molar-refractivity contribution in [3.63, 3.8) is 0 Å². The molecule has 4 heteroatoms. The lowest BCUT2D eigenvalue weighted by Gasteiger charge is -2.03. The Morgan fingerprint density at radius 3 is 2.70 bits per heavy atom. The summed E-state index contributed by atoms with van der Waals surface area (Å²) < 4.78 is 14.8. The van der Waals surface area contributed by atoms with E-state index in [-0.39, 0.29) is 11.3 Å². The normalized spacial score (nSPS) is 10.9. The summed E-state index contributed by atoms with van der Waals surface area (Å²) in [6.45, 7) is 1.79. The molecule has 0 spiro atoms. The van der Waals surface area contributed by atoms with Crippen LogP contribution < -0.4 is 0 Å². The van der Waals surface area contributed by atoms with Crippen LogP contribution in [0.3, 0.4) is 0 Å². The van der Waals surface area contributed by atoms with Gasteiger partial charge < -0.3 is 4.98 Å². The van der Waals surface area contributed by atoms with Crippen LogP contribution >= 0.6 is 15.9 Å². The summed E-state index contributed by atoms with van der Waals surface area (Å²) in [5.41, 5.74) is 2.21. The summed E-state index contributed by atoms with van der Waals surface area (Å²) in [7, 11) is 0. The molecule has 3 aromatic rings. The van der Waals surface area contributed by atoms with Crippen molar-refractivity contribution in [3.8, 4) is 0 Å². The van der Waals surface area contributed by atoms with Crippen LogP contribution in [0.5, 0.6) is 0 Å². The fraction of sp³-hybridized carbons (Fsp3) is 0.0625. The number of carbonyl (C=O) groups is 1. The van der Waals surface area contributed by atoms with Gasteiger partial charge in [0, 0.05) is 27.1 Å². The van der Waals surface area contributed by atoms with Gasteiger partial charge in [0.25, 0.3) is 0 Å². The second kappa shape index (κ2) is 4.87. The molecule has 2 aromatic carbocycles. The molecule has 0 atom stereocenters. The average Bonchev–Trinajstić information content (AvgIpc) is 2.81. The lowest BCUT2D eigenvalue weighted by Crippen LogP contribution is -2.03. The van der Waals surface area contributed by atoms with Gasteiger partial charge in [0.05, 0.1) is 5.56 Å². The highest BCUT2D eigenvalue weighted by atomic mass is 79.9. The van der Waals surface area contributed by atoms with Crippen LogP contribution in [0, 0.1) is 12.7 Å². The summed E-state index contributed by atoms with van der Waals surface area (Å²) in [4.78, 5) is 15.5. The van der Waals surface area contributed by atoms with E-state index in [0.717, 1.165) is 20.9 Å². The van der Waals surface area contributed by atoms with Crippen molar-refractivity contribution in [3.05, 3.63) is 69.6 Å². The molecule has 0 fully saturated rings. The second-order valence-electron chi connectivity index (χ2n) is 4.70. The number of H-pyrrole nitrogens is 1. The van der Waals surface area contributed by atoms with Crippen molar-refractivity contribution < 1.29 is 9.18 Å². The molecule has 3 rings (SSSR count). The number of rotatable bonds is 2. The average molecular weight is 332 g/mol. The number of carbonyl (C=O) groups excluding carboxylic acids is 1. The van der Waals surface area contributed by atoms with Gasteiger partial charge in [0.15, 0.2) is 5.78 Å². The molecule has 1 N–H and O–H groups in total. The Labute approximate surface area is 123 Å². The molecule has 100 valence electrons. The van der Waals surface area contributed by atoms with Gasteiger partial charge in [0.1, 0.15) is 5.82 Å². The molecule has 0 amide bonds. The highest BCUT2D eigenvalue weighted by Gasteiger charge is 2.17. The number of hydrogen-bond donors (Lipinski definition) is 1. The highest BCUT2D eigenvalue weighted by Crippen LogP contribution is 2.25. The first kappa shape index (κ1) is 13.1. The number of halogens is 2. The van der Waals surface area contributed by atoms with E-state index in [1.807, 2.05) is 18.2 Å². The van der Waals surface area contributed by atoms with Crippen LogP contribution in [-0.2, 0) is 0 Å². The number of nitrogens with one attached hydrogen (secondary N) is 1. The van der Waals surface area contributed by atoms with Gasteiger partial charge in [-0.25, -0.2) is 4.39 Å². The van der Waals surface area contributed by atoms with Gasteiger partial charge >= 0.3 is 0 Å². The molecule has 0 aliphatic carbocycles. The van der Waals surface area contributed by atoms with Crippen molar-refractivity contribution in [2.24, 2.45) is 0 Å². The molecule has 0 aliphatic heterocycles. The quantitative estimate of drug-likeness (QED) is 0.683. The highest BCUT2D eigenvalue weighted by molar-refractivity contribution is 9.10. The maximum atomic E-state index is 13.9. The van der Waals surface area contributed by atoms with Gasteiger partial charge in [0.2, 0.25) is 0 Å². The minimum absolute atomic E-state index is 0.0940. The first-order valence-corrected chi connectivity index (χ1v) is 6.93. The lowest BCUT2D eigenvalue weighted by atomic mass is 10.0. The van der Waals surface area contributed by atoms with Crippen molar-refractivity contribution >= 4 is 32.6 Å². The molecule has 1 heterocycles. The van der Waals surface area contributed by atoms with Crippen molar-refractivity contribution in [2.75, 3.05) is 0 Å². The predicted molar refractivity (Wildman–Crippen MR) is 80.6 cm³/mol. The van der Waals surface area contributed by atoms with E-state index in [2.05, 4.69) is 20.9 Å². The fourth-order valence-electron chi connectivity index (χ4n) is 2.23. The molecule has 0 unspecified atom stereocenters. The van der Waals surface area contributed by atoms with Crippen molar-refractivity contribution in [1.29, 1.82) is 0 Å². The van der Waals surface area contributed by atoms with Gasteiger partial charge in [-0.2, -0.15) is 0 Å². The first-order valence-electron chi connectivity index (χ1n) is 6.14. The Morgan fingerprint density at radius 2 is 1.95 bits per heavy atom. The van der Waals surface area contributed by atoms with E-state index in [9.17, 15) is 9.18 Å². The Balaban J connectivity index is 2.15. The molecule has 2 nitrogen and oxygen atoms in total. The monoisotopic (exact) mass is 331 g/mol.